The summed E-state index contributed by atoms with van der Waals surface area (Å²) in [6.45, 7) is 2.18. The van der Waals surface area contributed by atoms with E-state index in [1.54, 1.807) is 0 Å². The molecule has 1 heteroatoms. The highest BCUT2D eigenvalue weighted by molar-refractivity contribution is 6.31. The summed E-state index contributed by atoms with van der Waals surface area (Å²) in [6.07, 6.45) is 3.52. The van der Waals surface area contributed by atoms with Crippen molar-refractivity contribution in [1.82, 2.24) is 0 Å². The molecule has 0 unspecified atom stereocenters. The third kappa shape index (κ3) is 2.55. The molecule has 0 aliphatic carbocycles. The van der Waals surface area contributed by atoms with Crippen molar-refractivity contribution in [2.75, 3.05) is 0 Å². The highest BCUT2D eigenvalue weighted by Gasteiger charge is 1.96. The number of unbranched alkanes of at least 4 members (excludes halogenated alkanes) is 1. The van der Waals surface area contributed by atoms with Crippen LogP contribution in [0.2, 0.25) is 5.02 Å². The lowest BCUT2D eigenvalue weighted by Crippen LogP contribution is -1.84. The number of rotatable bonds is 3. The second-order valence-electron chi connectivity index (χ2n) is 2.62. The summed E-state index contributed by atoms with van der Waals surface area (Å²) in [7, 11) is 0. The molecule has 0 heterocycles. The summed E-state index contributed by atoms with van der Waals surface area (Å²) in [5, 5.41) is 0.848. The van der Waals surface area contributed by atoms with E-state index < -0.39 is 0 Å². The average Bonchev–Trinajstić information content (AvgIpc) is 2.03. The van der Waals surface area contributed by atoms with E-state index in [0.29, 0.717) is 0 Å². The van der Waals surface area contributed by atoms with Gasteiger partial charge in [-0.2, -0.15) is 0 Å². The van der Waals surface area contributed by atoms with Gasteiger partial charge in [-0.05, 0) is 30.5 Å². The van der Waals surface area contributed by atoms with E-state index in [0.717, 1.165) is 11.4 Å². The predicted molar refractivity (Wildman–Crippen MR) is 48.9 cm³/mol. The van der Waals surface area contributed by atoms with Crippen LogP contribution in [0.1, 0.15) is 25.3 Å². The summed E-state index contributed by atoms with van der Waals surface area (Å²) < 4.78 is 0. The Kier molecular flexibility index (Phi) is 3.44. The van der Waals surface area contributed by atoms with Crippen molar-refractivity contribution in [3.63, 3.8) is 0 Å². The number of benzene rings is 1. The van der Waals surface area contributed by atoms with E-state index in [1.807, 2.05) is 18.2 Å². The predicted octanol–water partition coefficient (Wildman–Crippen LogP) is 3.48. The summed E-state index contributed by atoms with van der Waals surface area (Å²) in [5.41, 5.74) is 1.24. The Morgan fingerprint density at radius 3 is 3.00 bits per heavy atom. The molecule has 1 radical (unpaired) electrons. The maximum Gasteiger partial charge on any atom is 0.0444 e. The van der Waals surface area contributed by atoms with Gasteiger partial charge in [-0.3, -0.25) is 0 Å². The Balaban J connectivity index is 2.62. The lowest BCUT2D eigenvalue weighted by atomic mass is 10.1. The van der Waals surface area contributed by atoms with Crippen LogP contribution in [0.4, 0.5) is 0 Å². The molecule has 0 aromatic heterocycles. The third-order valence-electron chi connectivity index (χ3n) is 1.70. The van der Waals surface area contributed by atoms with Crippen LogP contribution in [0.15, 0.2) is 18.2 Å². The molecule has 0 fully saturated rings. The highest BCUT2D eigenvalue weighted by atomic mass is 35.5. The lowest BCUT2D eigenvalue weighted by Gasteiger charge is -2.00. The molecular weight excluding hydrogens is 156 g/mol. The quantitative estimate of drug-likeness (QED) is 0.647. The molecule has 1 rings (SSSR count). The van der Waals surface area contributed by atoms with Gasteiger partial charge in [0.1, 0.15) is 0 Å². The standard InChI is InChI=1S/C10H12Cl/c1-2-3-6-9-7-4-5-8-10(9)11/h4,7-8H,2-3,6H2,1H3. The smallest absolute Gasteiger partial charge is 0.0444 e. The van der Waals surface area contributed by atoms with Crippen LogP contribution in [0.25, 0.3) is 0 Å². The van der Waals surface area contributed by atoms with E-state index in [2.05, 4.69) is 13.0 Å². The zero-order chi connectivity index (χ0) is 8.10. The van der Waals surface area contributed by atoms with Crippen molar-refractivity contribution in [2.24, 2.45) is 0 Å². The third-order valence-corrected chi connectivity index (χ3v) is 2.05. The highest BCUT2D eigenvalue weighted by Crippen LogP contribution is 2.16. The molecule has 0 saturated heterocycles. The molecule has 0 bridgehead atoms. The first-order valence-electron chi connectivity index (χ1n) is 3.99. The van der Waals surface area contributed by atoms with Crippen LogP contribution in [0.3, 0.4) is 0 Å². The fraction of sp³-hybridized carbons (Fsp3) is 0.400. The van der Waals surface area contributed by atoms with Crippen molar-refractivity contribution >= 4 is 11.6 Å². The molecule has 0 spiro atoms. The van der Waals surface area contributed by atoms with Crippen LogP contribution in [0, 0.1) is 6.07 Å². The van der Waals surface area contributed by atoms with Crippen LogP contribution in [-0.4, -0.2) is 0 Å². The van der Waals surface area contributed by atoms with E-state index in [9.17, 15) is 0 Å². The number of halogens is 1. The van der Waals surface area contributed by atoms with Gasteiger partial charge in [0.2, 0.25) is 0 Å². The SMILES string of the molecule is CCCCc1cc[c]cc1Cl. The maximum absolute atomic E-state index is 5.93. The first-order valence-corrected chi connectivity index (χ1v) is 4.37. The van der Waals surface area contributed by atoms with Gasteiger partial charge in [-0.25, -0.2) is 0 Å². The van der Waals surface area contributed by atoms with Crippen LogP contribution < -0.4 is 0 Å². The molecular formula is C10H12Cl. The van der Waals surface area contributed by atoms with Gasteiger partial charge in [-0.15, -0.1) is 0 Å². The topological polar surface area (TPSA) is 0 Å². The van der Waals surface area contributed by atoms with E-state index >= 15 is 0 Å². The molecule has 0 N–H and O–H groups in total. The van der Waals surface area contributed by atoms with Gasteiger partial charge in [0.05, 0.1) is 0 Å². The van der Waals surface area contributed by atoms with Crippen LogP contribution in [0.5, 0.6) is 0 Å². The van der Waals surface area contributed by atoms with E-state index in [-0.39, 0.29) is 0 Å². The van der Waals surface area contributed by atoms with Gasteiger partial charge < -0.3 is 0 Å². The van der Waals surface area contributed by atoms with Crippen molar-refractivity contribution in [1.29, 1.82) is 0 Å². The minimum absolute atomic E-state index is 0.848. The van der Waals surface area contributed by atoms with Crippen LogP contribution >= 0.6 is 11.6 Å². The van der Waals surface area contributed by atoms with Crippen molar-refractivity contribution in [2.45, 2.75) is 26.2 Å². The molecule has 1 aromatic rings. The van der Waals surface area contributed by atoms with Crippen LogP contribution in [-0.2, 0) is 6.42 Å². The minimum atomic E-state index is 0.848. The molecule has 0 atom stereocenters. The maximum atomic E-state index is 5.93. The van der Waals surface area contributed by atoms with E-state index in [4.69, 9.17) is 11.6 Å². The zero-order valence-electron chi connectivity index (χ0n) is 6.73. The molecule has 1 aromatic carbocycles. The van der Waals surface area contributed by atoms with Crippen molar-refractivity contribution < 1.29 is 0 Å². The van der Waals surface area contributed by atoms with Gasteiger partial charge in [0, 0.05) is 5.02 Å². The first-order chi connectivity index (χ1) is 5.34. The molecule has 0 aliphatic rings. The summed E-state index contributed by atoms with van der Waals surface area (Å²) in [5.74, 6) is 0. The Bertz CT molecular complexity index is 218. The fourth-order valence-corrected chi connectivity index (χ4v) is 1.23. The lowest BCUT2D eigenvalue weighted by molar-refractivity contribution is 0.795. The Labute approximate surface area is 73.2 Å². The second-order valence-corrected chi connectivity index (χ2v) is 3.03. The second kappa shape index (κ2) is 4.40. The Hall–Kier alpha value is -0.490. The monoisotopic (exact) mass is 167 g/mol. The Morgan fingerprint density at radius 2 is 2.36 bits per heavy atom. The van der Waals surface area contributed by atoms with Crippen molar-refractivity contribution in [3.05, 3.63) is 34.9 Å². The number of hydrogen-bond acceptors (Lipinski definition) is 0. The normalized spacial score (nSPS) is 10.0. The zero-order valence-corrected chi connectivity index (χ0v) is 7.49. The summed E-state index contributed by atoms with van der Waals surface area (Å²) in [6, 6.07) is 8.72. The largest absolute Gasteiger partial charge is 0.0840 e. The fourth-order valence-electron chi connectivity index (χ4n) is 1.01. The van der Waals surface area contributed by atoms with Gasteiger partial charge in [0.25, 0.3) is 0 Å². The van der Waals surface area contributed by atoms with Gasteiger partial charge in [0.15, 0.2) is 0 Å². The summed E-state index contributed by atoms with van der Waals surface area (Å²) >= 11 is 5.93. The molecule has 0 saturated carbocycles. The number of aryl methyl sites for hydroxylation is 1. The molecule has 0 amide bonds. The molecule has 0 nitrogen and oxygen atoms in total. The molecule has 11 heavy (non-hydrogen) atoms. The first kappa shape index (κ1) is 8.61. The van der Waals surface area contributed by atoms with E-state index in [1.165, 1.54) is 18.4 Å². The average molecular weight is 168 g/mol. The van der Waals surface area contributed by atoms with Crippen molar-refractivity contribution in [3.8, 4) is 0 Å². The summed E-state index contributed by atoms with van der Waals surface area (Å²) in [4.78, 5) is 0. The van der Waals surface area contributed by atoms with Gasteiger partial charge in [-0.1, -0.05) is 37.1 Å². The number of hydrogen-bond donors (Lipinski definition) is 0. The molecule has 0 aliphatic heterocycles. The minimum Gasteiger partial charge on any atom is -0.0840 e. The Morgan fingerprint density at radius 1 is 1.55 bits per heavy atom. The van der Waals surface area contributed by atoms with Gasteiger partial charge >= 0.3 is 0 Å². The molecule has 59 valence electrons.